The quantitative estimate of drug-likeness (QED) is 0.541. The maximum absolute atomic E-state index is 2.62. The molecular formula is C9H24Si3. The molecule has 1 fully saturated rings. The average molecular weight is 217 g/mol. The molecule has 0 unspecified atom stereocenters. The Labute approximate surface area is 80.8 Å². The minimum Gasteiger partial charge on any atom is -0.0698 e. The highest BCUT2D eigenvalue weighted by Crippen LogP contribution is 2.39. The largest absolute Gasteiger partial charge is 0.0698 e. The van der Waals surface area contributed by atoms with Gasteiger partial charge in [-0.3, -0.25) is 0 Å². The molecule has 3 heteroatoms. The molecule has 0 N–H and O–H groups in total. The van der Waals surface area contributed by atoms with Crippen molar-refractivity contribution in [2.24, 2.45) is 0 Å². The standard InChI is InChI=1S/C9H24Si3/c1-10(2)7-11(3,4)9-12(5,6)8-10/h7-9H2,1-6H3. The van der Waals surface area contributed by atoms with Crippen LogP contribution in [0.15, 0.2) is 0 Å². The molecule has 0 aliphatic carbocycles. The van der Waals surface area contributed by atoms with Crippen molar-refractivity contribution in [1.82, 2.24) is 0 Å². The SMILES string of the molecule is C[Si]1(C)C[Si](C)(C)C[Si](C)(C)C1. The zero-order chi connectivity index (χ0) is 9.62. The van der Waals surface area contributed by atoms with Crippen molar-refractivity contribution < 1.29 is 0 Å². The number of hydrogen-bond acceptors (Lipinski definition) is 0. The molecule has 0 bridgehead atoms. The van der Waals surface area contributed by atoms with Gasteiger partial charge in [-0.15, -0.1) is 0 Å². The van der Waals surface area contributed by atoms with Gasteiger partial charge in [0.15, 0.2) is 0 Å². The Balaban J connectivity index is 2.81. The molecule has 1 aliphatic heterocycles. The first kappa shape index (κ1) is 10.7. The fraction of sp³-hybridized carbons (Fsp3) is 1.00. The second-order valence-corrected chi connectivity index (χ2v) is 24.3. The van der Waals surface area contributed by atoms with Gasteiger partial charge in [-0.25, -0.2) is 0 Å². The Morgan fingerprint density at radius 3 is 0.833 bits per heavy atom. The molecule has 0 aromatic carbocycles. The van der Waals surface area contributed by atoms with E-state index in [1.807, 2.05) is 0 Å². The van der Waals surface area contributed by atoms with Crippen LogP contribution in [0.5, 0.6) is 0 Å². The molecule has 0 atom stereocenters. The summed E-state index contributed by atoms with van der Waals surface area (Å²) in [6.45, 7) is 15.7. The van der Waals surface area contributed by atoms with E-state index in [0.717, 1.165) is 0 Å². The van der Waals surface area contributed by atoms with Gasteiger partial charge in [0.1, 0.15) is 0 Å². The summed E-state index contributed by atoms with van der Waals surface area (Å²) in [6, 6.07) is 0. The van der Waals surface area contributed by atoms with Crippen molar-refractivity contribution in [3.63, 3.8) is 0 Å². The van der Waals surface area contributed by atoms with Crippen LogP contribution in [0.25, 0.3) is 0 Å². The summed E-state index contributed by atoms with van der Waals surface area (Å²) in [5.74, 6) is 0. The van der Waals surface area contributed by atoms with Crippen LogP contribution in [0.4, 0.5) is 0 Å². The van der Waals surface area contributed by atoms with Crippen molar-refractivity contribution in [3.05, 3.63) is 0 Å². The van der Waals surface area contributed by atoms with Crippen molar-refractivity contribution >= 4 is 24.2 Å². The topological polar surface area (TPSA) is 0 Å². The third-order valence-electron chi connectivity index (χ3n) is 2.87. The van der Waals surface area contributed by atoms with Gasteiger partial charge in [-0.05, 0) is 0 Å². The first-order chi connectivity index (χ1) is 5.12. The van der Waals surface area contributed by atoms with Crippen LogP contribution >= 0.6 is 0 Å². The molecule has 0 saturated carbocycles. The molecule has 1 saturated heterocycles. The summed E-state index contributed by atoms with van der Waals surface area (Å²) >= 11 is 0. The summed E-state index contributed by atoms with van der Waals surface area (Å²) < 4.78 is 0. The van der Waals surface area contributed by atoms with E-state index in [-0.39, 0.29) is 0 Å². The van der Waals surface area contributed by atoms with Crippen LogP contribution in [0, 0.1) is 0 Å². The predicted octanol–water partition coefficient (Wildman–Crippen LogP) is 3.74. The third kappa shape index (κ3) is 2.85. The average Bonchev–Trinajstić information content (AvgIpc) is 1.44. The third-order valence-corrected chi connectivity index (χ3v) is 25.8. The van der Waals surface area contributed by atoms with Crippen LogP contribution in [-0.4, -0.2) is 24.2 Å². The van der Waals surface area contributed by atoms with Crippen LogP contribution in [0.1, 0.15) is 0 Å². The highest BCUT2D eigenvalue weighted by Gasteiger charge is 2.45. The van der Waals surface area contributed by atoms with Crippen molar-refractivity contribution in [3.8, 4) is 0 Å². The van der Waals surface area contributed by atoms with Crippen LogP contribution in [-0.2, 0) is 0 Å². The van der Waals surface area contributed by atoms with Gasteiger partial charge in [0.25, 0.3) is 0 Å². The van der Waals surface area contributed by atoms with Gasteiger partial charge >= 0.3 is 0 Å². The first-order valence-corrected chi connectivity index (χ1v) is 15.4. The molecule has 1 aliphatic rings. The van der Waals surface area contributed by atoms with Gasteiger partial charge in [-0.1, -0.05) is 56.3 Å². The lowest BCUT2D eigenvalue weighted by Gasteiger charge is -2.46. The molecular weight excluding hydrogens is 192 g/mol. The van der Waals surface area contributed by atoms with Crippen LogP contribution < -0.4 is 0 Å². The number of hydrogen-bond donors (Lipinski definition) is 0. The summed E-state index contributed by atoms with van der Waals surface area (Å²) in [4.78, 5) is 0. The fourth-order valence-corrected chi connectivity index (χ4v) is 40.0. The van der Waals surface area contributed by atoms with Crippen LogP contribution in [0.3, 0.4) is 0 Å². The van der Waals surface area contributed by atoms with Crippen molar-refractivity contribution in [2.45, 2.75) is 56.3 Å². The summed E-state index contributed by atoms with van der Waals surface area (Å²) in [5.41, 5.74) is 5.07. The molecule has 1 heterocycles. The lowest BCUT2D eigenvalue weighted by atomic mass is 11.7. The van der Waals surface area contributed by atoms with E-state index in [0.29, 0.717) is 0 Å². The molecule has 0 aromatic heterocycles. The maximum atomic E-state index is 2.62. The van der Waals surface area contributed by atoms with Gasteiger partial charge in [-0.2, -0.15) is 0 Å². The highest BCUT2D eigenvalue weighted by atomic mass is 28.5. The molecule has 0 nitrogen and oxygen atoms in total. The zero-order valence-corrected chi connectivity index (χ0v) is 12.6. The van der Waals surface area contributed by atoms with Crippen LogP contribution in [0.2, 0.25) is 56.3 Å². The van der Waals surface area contributed by atoms with E-state index in [1.54, 1.807) is 17.0 Å². The Hall–Kier alpha value is 0.651. The Bertz CT molecular complexity index is 137. The van der Waals surface area contributed by atoms with E-state index in [2.05, 4.69) is 39.3 Å². The second kappa shape index (κ2) is 2.82. The second-order valence-electron chi connectivity index (χ2n) is 7.02. The molecule has 0 radical (unpaired) electrons. The van der Waals surface area contributed by atoms with E-state index in [4.69, 9.17) is 0 Å². The molecule has 0 amide bonds. The normalized spacial score (nSPS) is 31.5. The van der Waals surface area contributed by atoms with E-state index in [1.165, 1.54) is 0 Å². The molecule has 0 spiro atoms. The monoisotopic (exact) mass is 216 g/mol. The summed E-state index contributed by atoms with van der Waals surface area (Å²) in [7, 11) is -2.21. The van der Waals surface area contributed by atoms with Gasteiger partial charge in [0, 0.05) is 24.2 Å². The lowest BCUT2D eigenvalue weighted by Crippen LogP contribution is -2.55. The maximum Gasteiger partial charge on any atom is 0.0421 e. The molecule has 0 aromatic rings. The highest BCUT2D eigenvalue weighted by molar-refractivity contribution is 7.12. The first-order valence-electron chi connectivity index (χ1n) is 5.12. The Morgan fingerprint density at radius 1 is 0.500 bits per heavy atom. The Morgan fingerprint density at radius 2 is 0.667 bits per heavy atom. The molecule has 12 heavy (non-hydrogen) atoms. The molecule has 1 rings (SSSR count). The van der Waals surface area contributed by atoms with Gasteiger partial charge < -0.3 is 0 Å². The smallest absolute Gasteiger partial charge is 0.0421 e. The summed E-state index contributed by atoms with van der Waals surface area (Å²) in [5, 5.41) is 0. The van der Waals surface area contributed by atoms with E-state index in [9.17, 15) is 0 Å². The lowest BCUT2D eigenvalue weighted by molar-refractivity contribution is 1.34. The van der Waals surface area contributed by atoms with Crippen molar-refractivity contribution in [1.29, 1.82) is 0 Å². The fourth-order valence-electron chi connectivity index (χ4n) is 4.07. The Kier molecular flexibility index (Phi) is 2.52. The summed E-state index contributed by atoms with van der Waals surface area (Å²) in [6.07, 6.45) is 0. The van der Waals surface area contributed by atoms with Gasteiger partial charge in [0.2, 0.25) is 0 Å². The minimum atomic E-state index is -0.738. The zero-order valence-electron chi connectivity index (χ0n) is 9.62. The van der Waals surface area contributed by atoms with E-state index >= 15 is 0 Å². The predicted molar refractivity (Wildman–Crippen MR) is 66.9 cm³/mol. The van der Waals surface area contributed by atoms with Crippen molar-refractivity contribution in [2.75, 3.05) is 0 Å². The number of rotatable bonds is 0. The molecule has 72 valence electrons. The minimum absolute atomic E-state index is 0.738. The van der Waals surface area contributed by atoms with E-state index < -0.39 is 24.2 Å². The van der Waals surface area contributed by atoms with Gasteiger partial charge in [0.05, 0.1) is 0 Å².